The molecule has 1 atom stereocenters. The van der Waals surface area contributed by atoms with Crippen LogP contribution < -0.4 is 25.4 Å². The fourth-order valence-electron chi connectivity index (χ4n) is 4.64. The van der Waals surface area contributed by atoms with Crippen LogP contribution in [-0.4, -0.2) is 36.6 Å². The predicted molar refractivity (Wildman–Crippen MR) is 166 cm³/mol. The summed E-state index contributed by atoms with van der Waals surface area (Å²) in [5.74, 6) is 2.60. The molecule has 5 aromatic rings. The number of ether oxygens (including phenoxy) is 2. The van der Waals surface area contributed by atoms with E-state index in [0.29, 0.717) is 23.9 Å². The van der Waals surface area contributed by atoms with E-state index in [4.69, 9.17) is 14.5 Å². The number of anilines is 2. The first kappa shape index (κ1) is 28.1. The summed E-state index contributed by atoms with van der Waals surface area (Å²) in [5.41, 5.74) is 3.85. The summed E-state index contributed by atoms with van der Waals surface area (Å²) in [6.07, 6.45) is 0. The van der Waals surface area contributed by atoms with E-state index in [1.165, 1.54) is 4.88 Å². The Bertz CT molecular complexity index is 1650. The van der Waals surface area contributed by atoms with Crippen LogP contribution in [0, 0.1) is 6.92 Å². The number of aromatic nitrogens is 2. The highest BCUT2D eigenvalue weighted by Crippen LogP contribution is 2.37. The van der Waals surface area contributed by atoms with Crippen LogP contribution in [0.2, 0.25) is 0 Å². The number of carbonyl (C=O) groups excluding carboxylic acids is 1. The molecule has 0 radical (unpaired) electrons. The Labute approximate surface area is 243 Å². The molecule has 0 aliphatic carbocycles. The maximum absolute atomic E-state index is 12.4. The Balaban J connectivity index is 1.29. The lowest BCUT2D eigenvalue weighted by Crippen LogP contribution is -2.27. The second-order valence-corrected chi connectivity index (χ2v) is 10.7. The minimum absolute atomic E-state index is 0.00585. The average Bonchev–Trinajstić information content (AvgIpc) is 3.48. The third kappa shape index (κ3) is 6.65. The van der Waals surface area contributed by atoms with Gasteiger partial charge >= 0.3 is 0 Å². The Morgan fingerprint density at radius 1 is 0.927 bits per heavy atom. The smallest absolute Gasteiger partial charge is 0.238 e. The van der Waals surface area contributed by atoms with Gasteiger partial charge in [0.15, 0.2) is 11.5 Å². The number of rotatable bonds is 11. The highest BCUT2D eigenvalue weighted by Gasteiger charge is 2.17. The number of fused-ring (bicyclic) bond motifs is 1. The maximum Gasteiger partial charge on any atom is 0.238 e. The molecular weight excluding hydrogens is 534 g/mol. The van der Waals surface area contributed by atoms with Crippen molar-refractivity contribution in [2.75, 3.05) is 31.4 Å². The first-order chi connectivity index (χ1) is 19.9. The molecule has 41 heavy (non-hydrogen) atoms. The third-order valence-electron chi connectivity index (χ3n) is 6.66. The predicted octanol–water partition coefficient (Wildman–Crippen LogP) is 6.59. The second-order valence-electron chi connectivity index (χ2n) is 9.59. The quantitative estimate of drug-likeness (QED) is 0.166. The lowest BCUT2D eigenvalue weighted by Gasteiger charge is -2.17. The number of nitrogens with zero attached hydrogens (tertiary/aromatic N) is 2. The third-order valence-corrected chi connectivity index (χ3v) is 7.96. The van der Waals surface area contributed by atoms with Crippen LogP contribution in [0.4, 0.5) is 11.5 Å². The number of hydrogen-bond donors (Lipinski definition) is 3. The van der Waals surface area contributed by atoms with Crippen molar-refractivity contribution in [2.45, 2.75) is 26.4 Å². The number of carbonyl (C=O) groups is 1. The number of aryl methyl sites for hydroxylation is 1. The Morgan fingerprint density at radius 2 is 1.66 bits per heavy atom. The van der Waals surface area contributed by atoms with Gasteiger partial charge in [-0.1, -0.05) is 42.5 Å². The van der Waals surface area contributed by atoms with Crippen molar-refractivity contribution in [3.8, 4) is 21.9 Å². The molecule has 5 rings (SSSR count). The minimum Gasteiger partial charge on any atom is -0.493 e. The van der Waals surface area contributed by atoms with E-state index >= 15 is 0 Å². The molecule has 2 heterocycles. The Kier molecular flexibility index (Phi) is 8.76. The maximum atomic E-state index is 12.4. The van der Waals surface area contributed by atoms with Crippen LogP contribution in [0.3, 0.4) is 0 Å². The van der Waals surface area contributed by atoms with E-state index in [-0.39, 0.29) is 18.5 Å². The molecule has 0 aliphatic rings. The van der Waals surface area contributed by atoms with Crippen molar-refractivity contribution in [3.63, 3.8) is 0 Å². The Morgan fingerprint density at radius 3 is 2.44 bits per heavy atom. The summed E-state index contributed by atoms with van der Waals surface area (Å²) in [4.78, 5) is 24.0. The van der Waals surface area contributed by atoms with Gasteiger partial charge in [-0.2, -0.15) is 0 Å². The Hall–Kier alpha value is -4.47. The van der Waals surface area contributed by atoms with E-state index in [0.717, 1.165) is 38.4 Å². The zero-order valence-electron chi connectivity index (χ0n) is 23.5. The molecule has 0 aliphatic heterocycles. The molecule has 9 heteroatoms. The standard InChI is InChI=1S/C32H33N5O3S/c1-20(34-32-25-16-27(39-3)28(40-4)17-26(25)35-21(2)36-32)29-14-15-30(41-29)24-13-9-8-10-22(24)18-33-19-31(38)37-23-11-6-5-7-12-23/h5-17,20,33H,18-19H2,1-4H3,(H,37,38)(H,34,35,36). The molecule has 1 unspecified atom stereocenters. The number of thiophene rings is 1. The molecule has 3 N–H and O–H groups in total. The zero-order chi connectivity index (χ0) is 28.8. The fourth-order valence-corrected chi connectivity index (χ4v) is 5.71. The zero-order valence-corrected chi connectivity index (χ0v) is 24.3. The first-order valence-electron chi connectivity index (χ1n) is 13.4. The summed E-state index contributed by atoms with van der Waals surface area (Å²) in [6, 6.07) is 25.8. The SMILES string of the molecule is COc1cc2nc(C)nc(NC(C)c3ccc(-c4ccccc4CNCC(=O)Nc4ccccc4)s3)c2cc1OC. The highest BCUT2D eigenvalue weighted by atomic mass is 32.1. The van der Waals surface area contributed by atoms with Gasteiger partial charge in [-0.05, 0) is 55.3 Å². The van der Waals surface area contributed by atoms with E-state index in [1.807, 2.05) is 61.5 Å². The number of amides is 1. The number of para-hydroxylation sites is 1. The monoisotopic (exact) mass is 567 g/mol. The minimum atomic E-state index is -0.0736. The van der Waals surface area contributed by atoms with E-state index in [1.54, 1.807) is 25.6 Å². The fraction of sp³-hybridized carbons (Fsp3) is 0.219. The van der Waals surface area contributed by atoms with Gasteiger partial charge in [-0.15, -0.1) is 11.3 Å². The normalized spacial score (nSPS) is 11.7. The van der Waals surface area contributed by atoms with Crippen molar-refractivity contribution in [1.29, 1.82) is 0 Å². The van der Waals surface area contributed by atoms with Crippen molar-refractivity contribution in [1.82, 2.24) is 15.3 Å². The van der Waals surface area contributed by atoms with Crippen molar-refractivity contribution in [3.05, 3.63) is 95.1 Å². The number of hydrogen-bond acceptors (Lipinski definition) is 8. The molecule has 0 fully saturated rings. The van der Waals surface area contributed by atoms with Crippen molar-refractivity contribution >= 4 is 39.7 Å². The number of benzene rings is 3. The van der Waals surface area contributed by atoms with Crippen LogP contribution in [-0.2, 0) is 11.3 Å². The molecule has 0 saturated carbocycles. The summed E-state index contributed by atoms with van der Waals surface area (Å²) in [5, 5.41) is 10.6. The van der Waals surface area contributed by atoms with Crippen molar-refractivity contribution < 1.29 is 14.3 Å². The summed E-state index contributed by atoms with van der Waals surface area (Å²) >= 11 is 1.73. The van der Waals surface area contributed by atoms with Gasteiger partial charge in [-0.25, -0.2) is 9.97 Å². The lowest BCUT2D eigenvalue weighted by molar-refractivity contribution is -0.115. The first-order valence-corrected chi connectivity index (χ1v) is 14.2. The van der Waals surface area contributed by atoms with Gasteiger partial charge in [0.1, 0.15) is 11.6 Å². The van der Waals surface area contributed by atoms with Crippen LogP contribution in [0.1, 0.15) is 29.2 Å². The largest absolute Gasteiger partial charge is 0.493 e. The van der Waals surface area contributed by atoms with Gasteiger partial charge in [0, 0.05) is 33.4 Å². The molecule has 2 aromatic heterocycles. The van der Waals surface area contributed by atoms with Crippen molar-refractivity contribution in [2.24, 2.45) is 0 Å². The van der Waals surface area contributed by atoms with E-state index in [9.17, 15) is 4.79 Å². The van der Waals surface area contributed by atoms with Gasteiger partial charge in [-0.3, -0.25) is 4.79 Å². The molecular formula is C32H33N5O3S. The van der Waals surface area contributed by atoms with Gasteiger partial charge in [0.2, 0.25) is 5.91 Å². The molecule has 8 nitrogen and oxygen atoms in total. The molecule has 0 bridgehead atoms. The van der Waals surface area contributed by atoms with Crippen LogP contribution >= 0.6 is 11.3 Å². The molecule has 3 aromatic carbocycles. The second kappa shape index (κ2) is 12.8. The molecule has 0 saturated heterocycles. The van der Waals surface area contributed by atoms with Gasteiger partial charge in [0.05, 0.1) is 32.3 Å². The highest BCUT2D eigenvalue weighted by molar-refractivity contribution is 7.15. The van der Waals surface area contributed by atoms with Crippen LogP contribution in [0.25, 0.3) is 21.3 Å². The van der Waals surface area contributed by atoms with E-state index < -0.39 is 0 Å². The number of methoxy groups -OCH3 is 2. The van der Waals surface area contributed by atoms with Gasteiger partial charge in [0.25, 0.3) is 0 Å². The van der Waals surface area contributed by atoms with Crippen LogP contribution in [0.15, 0.2) is 78.9 Å². The molecule has 210 valence electrons. The lowest BCUT2D eigenvalue weighted by atomic mass is 10.1. The summed E-state index contributed by atoms with van der Waals surface area (Å²) < 4.78 is 11.0. The summed E-state index contributed by atoms with van der Waals surface area (Å²) in [7, 11) is 3.23. The van der Waals surface area contributed by atoms with Crippen LogP contribution in [0.5, 0.6) is 11.5 Å². The average molecular weight is 568 g/mol. The molecule has 1 amide bonds. The molecule has 0 spiro atoms. The van der Waals surface area contributed by atoms with Gasteiger partial charge < -0.3 is 25.4 Å². The van der Waals surface area contributed by atoms with E-state index in [2.05, 4.69) is 52.1 Å². The topological polar surface area (TPSA) is 97.4 Å². The summed E-state index contributed by atoms with van der Waals surface area (Å²) in [6.45, 7) is 4.81. The number of nitrogens with one attached hydrogen (secondary N) is 3.